The standard InChI is InChI=1S/C21H23ClN6O/c22-18-10-8-17(9-11-18)21(16-6-2-1-3-7-16)23-20(29)15-28-19(24-25-26-28)14-27-12-4-5-13-27/h1-3,6-11,21H,4-5,12-15H2,(H,23,29)/t21-/m0/s1. The average molecular weight is 411 g/mol. The Hall–Kier alpha value is -2.77. The topological polar surface area (TPSA) is 75.9 Å². The zero-order valence-corrected chi connectivity index (χ0v) is 16.8. The third-order valence-corrected chi connectivity index (χ3v) is 5.36. The van der Waals surface area contributed by atoms with E-state index in [4.69, 9.17) is 11.6 Å². The van der Waals surface area contributed by atoms with Crippen molar-refractivity contribution in [3.8, 4) is 0 Å². The lowest BCUT2D eigenvalue weighted by Gasteiger charge is -2.20. The maximum absolute atomic E-state index is 12.9. The van der Waals surface area contributed by atoms with Crippen molar-refractivity contribution < 1.29 is 4.79 Å². The van der Waals surface area contributed by atoms with Crippen LogP contribution >= 0.6 is 11.6 Å². The predicted molar refractivity (Wildman–Crippen MR) is 110 cm³/mol. The van der Waals surface area contributed by atoms with Crippen molar-refractivity contribution in [3.63, 3.8) is 0 Å². The number of hydrogen-bond donors (Lipinski definition) is 1. The summed E-state index contributed by atoms with van der Waals surface area (Å²) in [4.78, 5) is 15.2. The van der Waals surface area contributed by atoms with Crippen molar-refractivity contribution in [1.29, 1.82) is 0 Å². The molecule has 0 saturated carbocycles. The van der Waals surface area contributed by atoms with Gasteiger partial charge in [-0.05, 0) is 59.6 Å². The van der Waals surface area contributed by atoms with Gasteiger partial charge in [-0.2, -0.15) is 0 Å². The molecule has 1 N–H and O–H groups in total. The Kier molecular flexibility index (Phi) is 6.17. The molecule has 150 valence electrons. The summed E-state index contributed by atoms with van der Waals surface area (Å²) in [6.45, 7) is 2.84. The average Bonchev–Trinajstić information content (AvgIpc) is 3.40. The number of likely N-dealkylation sites (tertiary alicyclic amines) is 1. The lowest BCUT2D eigenvalue weighted by atomic mass is 9.99. The lowest BCUT2D eigenvalue weighted by Crippen LogP contribution is -2.33. The molecule has 7 nitrogen and oxygen atoms in total. The van der Waals surface area contributed by atoms with Crippen LogP contribution in [-0.2, 0) is 17.9 Å². The summed E-state index contributed by atoms with van der Waals surface area (Å²) in [5, 5.41) is 15.7. The van der Waals surface area contributed by atoms with Crippen LogP contribution in [0.15, 0.2) is 54.6 Å². The van der Waals surface area contributed by atoms with Crippen LogP contribution in [0.1, 0.15) is 35.8 Å². The monoisotopic (exact) mass is 410 g/mol. The molecule has 1 atom stereocenters. The molecule has 1 fully saturated rings. The number of hydrogen-bond acceptors (Lipinski definition) is 5. The zero-order chi connectivity index (χ0) is 20.1. The van der Waals surface area contributed by atoms with Crippen molar-refractivity contribution in [2.75, 3.05) is 13.1 Å². The quantitative estimate of drug-likeness (QED) is 0.648. The lowest BCUT2D eigenvalue weighted by molar-refractivity contribution is -0.122. The number of halogens is 1. The van der Waals surface area contributed by atoms with Gasteiger partial charge in [-0.25, -0.2) is 4.68 Å². The third-order valence-electron chi connectivity index (χ3n) is 5.10. The van der Waals surface area contributed by atoms with E-state index < -0.39 is 0 Å². The summed E-state index contributed by atoms with van der Waals surface area (Å²) >= 11 is 6.03. The smallest absolute Gasteiger partial charge is 0.242 e. The maximum Gasteiger partial charge on any atom is 0.242 e. The van der Waals surface area contributed by atoms with E-state index in [0.717, 1.165) is 24.2 Å². The van der Waals surface area contributed by atoms with Crippen LogP contribution < -0.4 is 5.32 Å². The normalized spacial score (nSPS) is 15.3. The minimum Gasteiger partial charge on any atom is -0.344 e. The van der Waals surface area contributed by atoms with Gasteiger partial charge in [0, 0.05) is 5.02 Å². The van der Waals surface area contributed by atoms with E-state index in [-0.39, 0.29) is 18.5 Å². The van der Waals surface area contributed by atoms with Crippen LogP contribution in [0.3, 0.4) is 0 Å². The molecule has 0 radical (unpaired) electrons. The summed E-state index contributed by atoms with van der Waals surface area (Å²) in [5.74, 6) is 0.563. The molecular formula is C21H23ClN6O. The van der Waals surface area contributed by atoms with E-state index in [9.17, 15) is 4.79 Å². The molecule has 2 heterocycles. The minimum absolute atomic E-state index is 0.0765. The highest BCUT2D eigenvalue weighted by Gasteiger charge is 2.20. The van der Waals surface area contributed by atoms with Gasteiger partial charge in [0.2, 0.25) is 5.91 Å². The largest absolute Gasteiger partial charge is 0.344 e. The molecule has 29 heavy (non-hydrogen) atoms. The molecule has 1 saturated heterocycles. The summed E-state index contributed by atoms with van der Waals surface area (Å²) in [6, 6.07) is 17.1. The van der Waals surface area contributed by atoms with Crippen molar-refractivity contribution in [2.45, 2.75) is 32.0 Å². The molecule has 4 rings (SSSR count). The van der Waals surface area contributed by atoms with E-state index in [1.54, 1.807) is 4.68 Å². The van der Waals surface area contributed by atoms with Gasteiger partial charge >= 0.3 is 0 Å². The van der Waals surface area contributed by atoms with Crippen LogP contribution in [0.5, 0.6) is 0 Å². The molecule has 1 aromatic heterocycles. The van der Waals surface area contributed by atoms with Crippen molar-refractivity contribution in [1.82, 2.24) is 30.4 Å². The summed E-state index contributed by atoms with van der Waals surface area (Å²) in [6.07, 6.45) is 2.39. The first-order valence-corrected chi connectivity index (χ1v) is 10.1. The first-order valence-electron chi connectivity index (χ1n) is 9.76. The molecule has 1 aliphatic heterocycles. The summed E-state index contributed by atoms with van der Waals surface area (Å²) < 4.78 is 1.58. The van der Waals surface area contributed by atoms with E-state index >= 15 is 0 Å². The molecule has 3 aromatic rings. The highest BCUT2D eigenvalue weighted by Crippen LogP contribution is 2.23. The zero-order valence-electron chi connectivity index (χ0n) is 16.0. The highest BCUT2D eigenvalue weighted by atomic mass is 35.5. The van der Waals surface area contributed by atoms with Gasteiger partial charge in [-0.1, -0.05) is 54.1 Å². The SMILES string of the molecule is O=C(Cn1nnnc1CN1CCCC1)N[C@@H](c1ccccc1)c1ccc(Cl)cc1. The van der Waals surface area contributed by atoms with Gasteiger partial charge in [-0.15, -0.1) is 5.10 Å². The Balaban J connectivity index is 1.49. The van der Waals surface area contributed by atoms with Crippen LogP contribution in [-0.4, -0.2) is 44.1 Å². The second-order valence-electron chi connectivity index (χ2n) is 7.20. The number of carbonyl (C=O) groups is 1. The van der Waals surface area contributed by atoms with Gasteiger partial charge in [0.05, 0.1) is 12.6 Å². The molecule has 2 aromatic carbocycles. The fraction of sp³-hybridized carbons (Fsp3) is 0.333. The first-order chi connectivity index (χ1) is 14.2. The van der Waals surface area contributed by atoms with E-state index in [1.165, 1.54) is 12.8 Å². The number of nitrogens with zero attached hydrogens (tertiary/aromatic N) is 5. The van der Waals surface area contributed by atoms with Gasteiger partial charge < -0.3 is 5.32 Å². The van der Waals surface area contributed by atoms with E-state index in [0.29, 0.717) is 17.4 Å². The van der Waals surface area contributed by atoms with Gasteiger partial charge in [0.25, 0.3) is 0 Å². The highest BCUT2D eigenvalue weighted by molar-refractivity contribution is 6.30. The van der Waals surface area contributed by atoms with Gasteiger partial charge in [-0.3, -0.25) is 9.69 Å². The Morgan fingerprint density at radius 2 is 1.72 bits per heavy atom. The number of benzene rings is 2. The molecule has 0 unspecified atom stereocenters. The van der Waals surface area contributed by atoms with Crippen LogP contribution in [0, 0.1) is 0 Å². The number of aromatic nitrogens is 4. The fourth-order valence-electron chi connectivity index (χ4n) is 3.60. The second-order valence-corrected chi connectivity index (χ2v) is 7.64. The molecule has 8 heteroatoms. The Morgan fingerprint density at radius 1 is 1.03 bits per heavy atom. The number of tetrazole rings is 1. The van der Waals surface area contributed by atoms with Crippen LogP contribution in [0.2, 0.25) is 5.02 Å². The van der Waals surface area contributed by atoms with Crippen LogP contribution in [0.4, 0.5) is 0 Å². The van der Waals surface area contributed by atoms with Crippen molar-refractivity contribution in [2.24, 2.45) is 0 Å². The van der Waals surface area contributed by atoms with Crippen molar-refractivity contribution in [3.05, 3.63) is 76.6 Å². The molecular weight excluding hydrogens is 388 g/mol. The Bertz CT molecular complexity index is 937. The second kappa shape index (κ2) is 9.15. The van der Waals surface area contributed by atoms with Gasteiger partial charge in [0.15, 0.2) is 5.82 Å². The maximum atomic E-state index is 12.9. The van der Waals surface area contributed by atoms with Crippen LogP contribution in [0.25, 0.3) is 0 Å². The summed E-state index contributed by atoms with van der Waals surface area (Å²) in [5.41, 5.74) is 1.96. The Labute approximate surface area is 174 Å². The number of rotatable bonds is 7. The number of amides is 1. The Morgan fingerprint density at radius 3 is 2.45 bits per heavy atom. The van der Waals surface area contributed by atoms with E-state index in [1.807, 2.05) is 54.6 Å². The number of nitrogens with one attached hydrogen (secondary N) is 1. The predicted octanol–water partition coefficient (Wildman–Crippen LogP) is 2.83. The molecule has 0 bridgehead atoms. The molecule has 0 spiro atoms. The molecule has 1 amide bonds. The summed E-state index contributed by atoms with van der Waals surface area (Å²) in [7, 11) is 0. The first kappa shape index (κ1) is 19.5. The van der Waals surface area contributed by atoms with Gasteiger partial charge in [0.1, 0.15) is 6.54 Å². The third kappa shape index (κ3) is 4.99. The number of carbonyl (C=O) groups excluding carboxylic acids is 1. The molecule has 1 aliphatic rings. The van der Waals surface area contributed by atoms with E-state index in [2.05, 4.69) is 25.7 Å². The molecule has 0 aliphatic carbocycles. The fourth-order valence-corrected chi connectivity index (χ4v) is 3.73. The van der Waals surface area contributed by atoms with Crippen molar-refractivity contribution >= 4 is 17.5 Å². The minimum atomic E-state index is -0.278.